The molecule has 6 rings (SSSR count). The van der Waals surface area contributed by atoms with Crippen molar-refractivity contribution in [3.05, 3.63) is 35.5 Å². The number of nitriles is 1. The van der Waals surface area contributed by atoms with E-state index in [1.807, 2.05) is 12.1 Å². The first-order valence-corrected chi connectivity index (χ1v) is 12.5. The fourth-order valence-corrected chi connectivity index (χ4v) is 5.17. The van der Waals surface area contributed by atoms with Gasteiger partial charge in [-0.2, -0.15) is 5.26 Å². The third-order valence-electron chi connectivity index (χ3n) is 6.96. The summed E-state index contributed by atoms with van der Waals surface area (Å²) in [5.74, 6) is 1.44. The highest BCUT2D eigenvalue weighted by molar-refractivity contribution is 6.00. The van der Waals surface area contributed by atoms with Gasteiger partial charge in [0.25, 0.3) is 5.91 Å². The Labute approximate surface area is 208 Å². The van der Waals surface area contributed by atoms with Crippen molar-refractivity contribution < 1.29 is 19.0 Å². The Hall–Kier alpha value is -3.97. The number of pyridine rings is 1. The lowest BCUT2D eigenvalue weighted by atomic mass is 10.1. The molecule has 2 aliphatic heterocycles. The van der Waals surface area contributed by atoms with E-state index in [0.717, 1.165) is 23.9 Å². The number of amides is 1. The number of ether oxygens (including phenoxy) is 3. The Balaban J connectivity index is 1.35. The van der Waals surface area contributed by atoms with Crippen LogP contribution in [0.3, 0.4) is 0 Å². The standard InChI is InChI=1S/C26H28N6O4/c27-14-16-15-28-25-22(16)20(29-17-3-1-2-4-17)13-21(31-25)30-19-6-5-18(23-24(19)36-12-11-35-23)26(33)32-7-9-34-10-8-32/h5-6,13,15,17H,1-4,7-12H2,(H3,28,29,30,31). The Bertz CT molecular complexity index is 1330. The van der Waals surface area contributed by atoms with Crippen molar-refractivity contribution in [2.75, 3.05) is 50.2 Å². The van der Waals surface area contributed by atoms with Crippen molar-refractivity contribution in [1.82, 2.24) is 14.9 Å². The number of aromatic amines is 1. The summed E-state index contributed by atoms with van der Waals surface area (Å²) in [4.78, 5) is 22.8. The van der Waals surface area contributed by atoms with Crippen molar-refractivity contribution in [3.8, 4) is 17.6 Å². The maximum atomic E-state index is 13.2. The van der Waals surface area contributed by atoms with Crippen molar-refractivity contribution in [2.24, 2.45) is 0 Å². The number of carbonyl (C=O) groups excluding carboxylic acids is 1. The van der Waals surface area contributed by atoms with Gasteiger partial charge in [-0.1, -0.05) is 12.8 Å². The first-order valence-electron chi connectivity index (χ1n) is 12.5. The van der Waals surface area contributed by atoms with E-state index in [4.69, 9.17) is 19.2 Å². The van der Waals surface area contributed by atoms with Crippen LogP contribution in [0.5, 0.6) is 11.5 Å². The number of fused-ring (bicyclic) bond motifs is 2. The zero-order valence-electron chi connectivity index (χ0n) is 19.9. The molecule has 1 saturated heterocycles. The molecule has 36 heavy (non-hydrogen) atoms. The number of morpholine rings is 1. The van der Waals surface area contributed by atoms with E-state index in [0.29, 0.717) is 85.3 Å². The minimum Gasteiger partial charge on any atom is -0.485 e. The van der Waals surface area contributed by atoms with Crippen LogP contribution in [0.1, 0.15) is 41.6 Å². The van der Waals surface area contributed by atoms with Crippen LogP contribution >= 0.6 is 0 Å². The van der Waals surface area contributed by atoms with Gasteiger partial charge in [-0.3, -0.25) is 4.79 Å². The molecule has 4 heterocycles. The Morgan fingerprint density at radius 3 is 2.64 bits per heavy atom. The molecule has 10 heteroatoms. The third-order valence-corrected chi connectivity index (χ3v) is 6.96. The molecule has 186 valence electrons. The second-order valence-corrected chi connectivity index (χ2v) is 9.26. The number of nitrogens with one attached hydrogen (secondary N) is 3. The summed E-state index contributed by atoms with van der Waals surface area (Å²) in [5, 5.41) is 17.4. The first-order chi connectivity index (χ1) is 17.7. The molecule has 1 aromatic carbocycles. The third kappa shape index (κ3) is 4.16. The highest BCUT2D eigenvalue weighted by atomic mass is 16.6. The zero-order valence-corrected chi connectivity index (χ0v) is 19.9. The van der Waals surface area contributed by atoms with E-state index >= 15 is 0 Å². The van der Waals surface area contributed by atoms with Crippen LogP contribution in [-0.2, 0) is 4.74 Å². The monoisotopic (exact) mass is 488 g/mol. The lowest BCUT2D eigenvalue weighted by molar-refractivity contribution is 0.0298. The summed E-state index contributed by atoms with van der Waals surface area (Å²) in [7, 11) is 0. The molecule has 2 fully saturated rings. The Morgan fingerprint density at radius 2 is 1.86 bits per heavy atom. The lowest BCUT2D eigenvalue weighted by Crippen LogP contribution is -2.41. The van der Waals surface area contributed by atoms with Crippen LogP contribution in [0.4, 0.5) is 17.2 Å². The van der Waals surface area contributed by atoms with Crippen molar-refractivity contribution in [2.45, 2.75) is 31.7 Å². The Kier molecular flexibility index (Phi) is 5.99. The number of H-pyrrole nitrogens is 1. The molecule has 3 aliphatic rings. The molecular formula is C26H28N6O4. The van der Waals surface area contributed by atoms with Crippen LogP contribution in [0.25, 0.3) is 11.0 Å². The number of carbonyl (C=O) groups is 1. The van der Waals surface area contributed by atoms with Crippen molar-refractivity contribution in [1.29, 1.82) is 5.26 Å². The molecule has 3 aromatic rings. The van der Waals surface area contributed by atoms with Gasteiger partial charge in [-0.15, -0.1) is 0 Å². The molecule has 0 atom stereocenters. The van der Waals surface area contributed by atoms with Crippen LogP contribution in [0.2, 0.25) is 0 Å². The second kappa shape index (κ2) is 9.59. The SMILES string of the molecule is N#Cc1c[nH]c2nc(Nc3ccc(C(=O)N4CCOCC4)c4c3OCCO4)cc(NC3CCCC3)c12. The quantitative estimate of drug-likeness (QED) is 0.496. The van der Waals surface area contributed by atoms with Gasteiger partial charge >= 0.3 is 0 Å². The van der Waals surface area contributed by atoms with Gasteiger partial charge in [0.05, 0.1) is 41.1 Å². The lowest BCUT2D eigenvalue weighted by Gasteiger charge is -2.29. The van der Waals surface area contributed by atoms with E-state index in [2.05, 4.69) is 21.7 Å². The Morgan fingerprint density at radius 1 is 1.08 bits per heavy atom. The number of benzene rings is 1. The van der Waals surface area contributed by atoms with E-state index < -0.39 is 0 Å². The number of nitrogens with zero attached hydrogens (tertiary/aromatic N) is 3. The van der Waals surface area contributed by atoms with Gasteiger partial charge in [0, 0.05) is 31.4 Å². The maximum Gasteiger partial charge on any atom is 0.257 e. The average molecular weight is 489 g/mol. The fourth-order valence-electron chi connectivity index (χ4n) is 5.17. The van der Waals surface area contributed by atoms with Crippen LogP contribution < -0.4 is 20.1 Å². The van der Waals surface area contributed by atoms with E-state index in [1.165, 1.54) is 12.8 Å². The van der Waals surface area contributed by atoms with Gasteiger partial charge in [-0.25, -0.2) is 4.98 Å². The number of anilines is 3. The summed E-state index contributed by atoms with van der Waals surface area (Å²) in [6.07, 6.45) is 6.31. The molecule has 1 amide bonds. The van der Waals surface area contributed by atoms with Crippen LogP contribution in [-0.4, -0.2) is 66.3 Å². The highest BCUT2D eigenvalue weighted by Crippen LogP contribution is 2.43. The molecule has 3 N–H and O–H groups in total. The van der Waals surface area contributed by atoms with Gasteiger partial charge in [0.2, 0.25) is 0 Å². The molecular weight excluding hydrogens is 460 g/mol. The van der Waals surface area contributed by atoms with Gasteiger partial charge in [0.1, 0.15) is 30.7 Å². The smallest absolute Gasteiger partial charge is 0.257 e. The van der Waals surface area contributed by atoms with Gasteiger partial charge in [0.15, 0.2) is 11.5 Å². The average Bonchev–Trinajstić information content (AvgIpc) is 3.59. The topological polar surface area (TPSA) is 125 Å². The first kappa shape index (κ1) is 22.5. The number of rotatable bonds is 5. The summed E-state index contributed by atoms with van der Waals surface area (Å²) in [6.45, 7) is 2.93. The molecule has 0 unspecified atom stereocenters. The van der Waals surface area contributed by atoms with Crippen molar-refractivity contribution in [3.63, 3.8) is 0 Å². The summed E-state index contributed by atoms with van der Waals surface area (Å²) < 4.78 is 17.3. The molecule has 10 nitrogen and oxygen atoms in total. The fraction of sp³-hybridized carbons (Fsp3) is 0.423. The minimum absolute atomic E-state index is 0.0930. The molecule has 0 spiro atoms. The predicted octanol–water partition coefficient (Wildman–Crippen LogP) is 3.78. The van der Waals surface area contributed by atoms with E-state index in [1.54, 1.807) is 17.2 Å². The van der Waals surface area contributed by atoms with Crippen LogP contribution in [0.15, 0.2) is 24.4 Å². The predicted molar refractivity (Wildman–Crippen MR) is 134 cm³/mol. The van der Waals surface area contributed by atoms with Gasteiger partial charge < -0.3 is 34.7 Å². The molecule has 0 radical (unpaired) electrons. The summed E-state index contributed by atoms with van der Waals surface area (Å²) in [6, 6.07) is 8.16. The number of aromatic nitrogens is 2. The molecule has 1 aliphatic carbocycles. The van der Waals surface area contributed by atoms with Crippen molar-refractivity contribution >= 4 is 34.1 Å². The molecule has 0 bridgehead atoms. The minimum atomic E-state index is -0.0930. The summed E-state index contributed by atoms with van der Waals surface area (Å²) >= 11 is 0. The second-order valence-electron chi connectivity index (χ2n) is 9.26. The largest absolute Gasteiger partial charge is 0.485 e. The highest BCUT2D eigenvalue weighted by Gasteiger charge is 2.28. The van der Waals surface area contributed by atoms with Crippen LogP contribution in [0, 0.1) is 11.3 Å². The van der Waals surface area contributed by atoms with E-state index in [-0.39, 0.29) is 5.91 Å². The van der Waals surface area contributed by atoms with E-state index in [9.17, 15) is 10.1 Å². The molecule has 1 saturated carbocycles. The normalized spacial score (nSPS) is 17.7. The summed E-state index contributed by atoms with van der Waals surface area (Å²) in [5.41, 5.74) is 3.20. The number of hydrogen-bond acceptors (Lipinski definition) is 8. The maximum absolute atomic E-state index is 13.2. The van der Waals surface area contributed by atoms with Gasteiger partial charge in [-0.05, 0) is 25.0 Å². The number of hydrogen-bond donors (Lipinski definition) is 3. The molecule has 2 aromatic heterocycles. The zero-order chi connectivity index (χ0) is 24.5.